The SMILES string of the molecule is Cc1ccc(-c2cc(C(=O)NC3CCc4nnc(C)n4C3)on2)cc1. The molecule has 128 valence electrons. The third-order valence-corrected chi connectivity index (χ3v) is 4.55. The van der Waals surface area contributed by atoms with Gasteiger partial charge in [0.15, 0.2) is 0 Å². The van der Waals surface area contributed by atoms with Gasteiger partial charge in [-0.1, -0.05) is 35.0 Å². The van der Waals surface area contributed by atoms with E-state index < -0.39 is 0 Å². The van der Waals surface area contributed by atoms with E-state index in [0.717, 1.165) is 30.1 Å². The van der Waals surface area contributed by atoms with Crippen molar-refractivity contribution in [1.29, 1.82) is 0 Å². The van der Waals surface area contributed by atoms with Gasteiger partial charge in [0.05, 0.1) is 0 Å². The van der Waals surface area contributed by atoms with Crippen LogP contribution in [0, 0.1) is 13.8 Å². The molecule has 1 aliphatic heterocycles. The first kappa shape index (κ1) is 15.6. The van der Waals surface area contributed by atoms with E-state index in [0.29, 0.717) is 12.2 Å². The lowest BCUT2D eigenvalue weighted by atomic mass is 10.1. The molecule has 7 nitrogen and oxygen atoms in total. The van der Waals surface area contributed by atoms with Crippen molar-refractivity contribution >= 4 is 5.91 Å². The van der Waals surface area contributed by atoms with E-state index in [2.05, 4.69) is 20.7 Å². The summed E-state index contributed by atoms with van der Waals surface area (Å²) in [6, 6.07) is 9.65. The van der Waals surface area contributed by atoms with Crippen LogP contribution in [0.2, 0.25) is 0 Å². The molecule has 3 aromatic rings. The fraction of sp³-hybridized carbons (Fsp3) is 0.333. The average molecular weight is 337 g/mol. The van der Waals surface area contributed by atoms with Crippen LogP contribution in [0.25, 0.3) is 11.3 Å². The third-order valence-electron chi connectivity index (χ3n) is 4.55. The number of amides is 1. The van der Waals surface area contributed by atoms with Gasteiger partial charge in [0, 0.05) is 30.6 Å². The summed E-state index contributed by atoms with van der Waals surface area (Å²) in [7, 11) is 0. The molecule has 0 spiro atoms. The molecule has 0 saturated heterocycles. The largest absolute Gasteiger partial charge is 0.350 e. The van der Waals surface area contributed by atoms with Gasteiger partial charge in [0.1, 0.15) is 17.3 Å². The highest BCUT2D eigenvalue weighted by atomic mass is 16.5. The van der Waals surface area contributed by atoms with Crippen LogP contribution < -0.4 is 5.32 Å². The summed E-state index contributed by atoms with van der Waals surface area (Å²) in [5.41, 5.74) is 2.76. The average Bonchev–Trinajstić information content (AvgIpc) is 3.24. The maximum atomic E-state index is 12.5. The van der Waals surface area contributed by atoms with E-state index in [1.807, 2.05) is 42.7 Å². The van der Waals surface area contributed by atoms with Gasteiger partial charge >= 0.3 is 0 Å². The lowest BCUT2D eigenvalue weighted by Gasteiger charge is -2.24. The molecule has 1 amide bonds. The minimum absolute atomic E-state index is 0.0302. The van der Waals surface area contributed by atoms with Crippen molar-refractivity contribution < 1.29 is 9.32 Å². The van der Waals surface area contributed by atoms with Crippen LogP contribution in [-0.4, -0.2) is 31.9 Å². The van der Waals surface area contributed by atoms with Crippen LogP contribution in [0.1, 0.15) is 34.2 Å². The van der Waals surface area contributed by atoms with Crippen molar-refractivity contribution in [3.63, 3.8) is 0 Å². The molecule has 3 heterocycles. The van der Waals surface area contributed by atoms with E-state index >= 15 is 0 Å². The van der Waals surface area contributed by atoms with Crippen LogP contribution in [0.5, 0.6) is 0 Å². The Morgan fingerprint density at radius 3 is 2.84 bits per heavy atom. The summed E-state index contributed by atoms with van der Waals surface area (Å²) in [5, 5.41) is 15.3. The molecule has 0 aliphatic carbocycles. The summed E-state index contributed by atoms with van der Waals surface area (Å²) >= 11 is 0. The second kappa shape index (κ2) is 6.16. The van der Waals surface area contributed by atoms with Crippen molar-refractivity contribution in [2.45, 2.75) is 39.3 Å². The molecule has 1 aromatic carbocycles. The second-order valence-corrected chi connectivity index (χ2v) is 6.43. The molecule has 25 heavy (non-hydrogen) atoms. The van der Waals surface area contributed by atoms with E-state index in [1.165, 1.54) is 5.56 Å². The van der Waals surface area contributed by atoms with Crippen LogP contribution in [0.3, 0.4) is 0 Å². The topological polar surface area (TPSA) is 85.8 Å². The summed E-state index contributed by atoms with van der Waals surface area (Å²) in [6.45, 7) is 4.63. The lowest BCUT2D eigenvalue weighted by molar-refractivity contribution is 0.0890. The molecule has 0 radical (unpaired) electrons. The van der Waals surface area contributed by atoms with Gasteiger partial charge in [-0.25, -0.2) is 0 Å². The van der Waals surface area contributed by atoms with Gasteiger partial charge in [-0.15, -0.1) is 10.2 Å². The first-order valence-corrected chi connectivity index (χ1v) is 8.33. The smallest absolute Gasteiger partial charge is 0.290 e. The number of nitrogens with zero attached hydrogens (tertiary/aromatic N) is 4. The Labute approximate surface area is 145 Å². The minimum Gasteiger partial charge on any atom is -0.350 e. The molecule has 2 aromatic heterocycles. The van der Waals surface area contributed by atoms with Crippen molar-refractivity contribution in [2.75, 3.05) is 0 Å². The Hall–Kier alpha value is -2.96. The fourth-order valence-electron chi connectivity index (χ4n) is 3.08. The molecule has 1 aliphatic rings. The highest BCUT2D eigenvalue weighted by molar-refractivity contribution is 5.92. The summed E-state index contributed by atoms with van der Waals surface area (Å²) in [5.74, 6) is 1.83. The van der Waals surface area contributed by atoms with Crippen LogP contribution in [0.4, 0.5) is 0 Å². The molecule has 0 bridgehead atoms. The number of hydrogen-bond donors (Lipinski definition) is 1. The maximum absolute atomic E-state index is 12.5. The number of rotatable bonds is 3. The van der Waals surface area contributed by atoms with E-state index in [9.17, 15) is 4.79 Å². The third kappa shape index (κ3) is 3.05. The second-order valence-electron chi connectivity index (χ2n) is 6.43. The minimum atomic E-state index is -0.245. The molecular weight excluding hydrogens is 318 g/mol. The molecular formula is C18H19N5O2. The highest BCUT2D eigenvalue weighted by Crippen LogP contribution is 2.20. The number of carbonyl (C=O) groups is 1. The number of fused-ring (bicyclic) bond motifs is 1. The Bertz CT molecular complexity index is 910. The van der Waals surface area contributed by atoms with E-state index in [1.54, 1.807) is 6.07 Å². The Morgan fingerprint density at radius 2 is 2.04 bits per heavy atom. The van der Waals surface area contributed by atoms with Gasteiger partial charge in [-0.2, -0.15) is 0 Å². The zero-order chi connectivity index (χ0) is 17.4. The number of nitrogens with one attached hydrogen (secondary N) is 1. The van der Waals surface area contributed by atoms with Crippen molar-refractivity contribution in [1.82, 2.24) is 25.2 Å². The van der Waals surface area contributed by atoms with Crippen LogP contribution in [0.15, 0.2) is 34.9 Å². The number of hydrogen-bond acceptors (Lipinski definition) is 5. The first-order chi connectivity index (χ1) is 12.1. The monoisotopic (exact) mass is 337 g/mol. The van der Waals surface area contributed by atoms with Crippen molar-refractivity contribution in [2.24, 2.45) is 0 Å². The molecule has 1 N–H and O–H groups in total. The Morgan fingerprint density at radius 1 is 1.24 bits per heavy atom. The van der Waals surface area contributed by atoms with Gasteiger partial charge in [0.25, 0.3) is 5.91 Å². The van der Waals surface area contributed by atoms with Gasteiger partial charge in [-0.3, -0.25) is 4.79 Å². The maximum Gasteiger partial charge on any atom is 0.290 e. The van der Waals surface area contributed by atoms with Crippen molar-refractivity contribution in [3.8, 4) is 11.3 Å². The van der Waals surface area contributed by atoms with Gasteiger partial charge < -0.3 is 14.4 Å². The zero-order valence-electron chi connectivity index (χ0n) is 14.2. The van der Waals surface area contributed by atoms with Gasteiger partial charge in [-0.05, 0) is 20.3 Å². The van der Waals surface area contributed by atoms with Gasteiger partial charge in [0.2, 0.25) is 5.76 Å². The first-order valence-electron chi connectivity index (χ1n) is 8.33. The van der Waals surface area contributed by atoms with E-state index in [-0.39, 0.29) is 17.7 Å². The molecule has 7 heteroatoms. The number of benzene rings is 1. The molecule has 1 unspecified atom stereocenters. The van der Waals surface area contributed by atoms with Crippen LogP contribution >= 0.6 is 0 Å². The van der Waals surface area contributed by atoms with Crippen LogP contribution in [-0.2, 0) is 13.0 Å². The lowest BCUT2D eigenvalue weighted by Crippen LogP contribution is -2.41. The summed E-state index contributed by atoms with van der Waals surface area (Å²) < 4.78 is 7.29. The number of carbonyl (C=O) groups excluding carboxylic acids is 1. The standard InChI is InChI=1S/C18H19N5O2/c1-11-3-5-13(6-4-11)15-9-16(25-22-15)18(24)19-14-7-8-17-21-20-12(2)23(17)10-14/h3-6,9,14H,7-8,10H2,1-2H3,(H,19,24). The summed E-state index contributed by atoms with van der Waals surface area (Å²) in [6.07, 6.45) is 1.64. The molecule has 0 fully saturated rings. The Balaban J connectivity index is 1.45. The van der Waals surface area contributed by atoms with E-state index in [4.69, 9.17) is 4.52 Å². The Kier molecular flexibility index (Phi) is 3.83. The fourth-order valence-corrected chi connectivity index (χ4v) is 3.08. The normalized spacial score (nSPS) is 16.5. The number of aryl methyl sites for hydroxylation is 3. The zero-order valence-corrected chi connectivity index (χ0v) is 14.2. The predicted octanol–water partition coefficient (Wildman–Crippen LogP) is 2.29. The summed E-state index contributed by atoms with van der Waals surface area (Å²) in [4.78, 5) is 12.5. The molecule has 4 rings (SSSR count). The number of aromatic nitrogens is 4. The highest BCUT2D eigenvalue weighted by Gasteiger charge is 2.24. The molecule has 1 atom stereocenters. The predicted molar refractivity (Wildman–Crippen MR) is 91.0 cm³/mol. The van der Waals surface area contributed by atoms with Crippen molar-refractivity contribution in [3.05, 3.63) is 53.3 Å². The molecule has 0 saturated carbocycles. The quantitative estimate of drug-likeness (QED) is 0.792.